The molecule has 0 N–H and O–H groups in total. The van der Waals surface area contributed by atoms with Crippen LogP contribution in [0.25, 0.3) is 0 Å². The van der Waals surface area contributed by atoms with Crippen LogP contribution in [0.5, 0.6) is 5.75 Å². The van der Waals surface area contributed by atoms with E-state index in [1.54, 1.807) is 0 Å². The average molecular weight is 310 g/mol. The van der Waals surface area contributed by atoms with Crippen LogP contribution in [0.1, 0.15) is 19.3 Å². The van der Waals surface area contributed by atoms with Gasteiger partial charge in [0.05, 0.1) is 13.1 Å². The van der Waals surface area contributed by atoms with E-state index in [-0.39, 0.29) is 6.10 Å². The Hall–Kier alpha value is -1.03. The molecule has 3 rings (SSSR count). The second-order valence-electron chi connectivity index (χ2n) is 5.06. The number of amides is 1. The van der Waals surface area contributed by atoms with Gasteiger partial charge in [0.2, 0.25) is 5.91 Å². The maximum Gasteiger partial charge on any atom is 0.225 e. The van der Waals surface area contributed by atoms with E-state index in [4.69, 9.17) is 4.74 Å². The van der Waals surface area contributed by atoms with Crippen LogP contribution in [0, 0.1) is 5.92 Å². The Balaban J connectivity index is 1.47. The summed E-state index contributed by atoms with van der Waals surface area (Å²) in [5.74, 6) is 1.51. The maximum atomic E-state index is 11.9. The Morgan fingerprint density at radius 1 is 1.22 bits per heavy atom. The van der Waals surface area contributed by atoms with Crippen LogP contribution in [-0.4, -0.2) is 30.0 Å². The summed E-state index contributed by atoms with van der Waals surface area (Å²) in [4.78, 5) is 13.8. The summed E-state index contributed by atoms with van der Waals surface area (Å²) >= 11 is 3.39. The topological polar surface area (TPSA) is 29.5 Å². The molecule has 1 aromatic carbocycles. The smallest absolute Gasteiger partial charge is 0.225 e. The Kier molecular flexibility index (Phi) is 3.29. The summed E-state index contributed by atoms with van der Waals surface area (Å²) in [5, 5.41) is 0. The lowest BCUT2D eigenvalue weighted by molar-refractivity contribution is -0.147. The summed E-state index contributed by atoms with van der Waals surface area (Å²) in [5.41, 5.74) is 0. The number of hydrogen-bond donors (Lipinski definition) is 0. The standard InChI is InChI=1S/C14H16BrNO2/c15-11-4-6-12(7-5-11)18-13-8-16(9-13)14(17)10-2-1-3-10/h4-7,10,13H,1-3,8-9H2. The van der Waals surface area contributed by atoms with Gasteiger partial charge in [0.15, 0.2) is 0 Å². The molecule has 0 spiro atoms. The average Bonchev–Trinajstić information content (AvgIpc) is 2.22. The minimum Gasteiger partial charge on any atom is -0.487 e. The Morgan fingerprint density at radius 2 is 1.89 bits per heavy atom. The second kappa shape index (κ2) is 4.92. The first-order chi connectivity index (χ1) is 8.72. The molecule has 0 bridgehead atoms. The Labute approximate surface area is 115 Å². The summed E-state index contributed by atoms with van der Waals surface area (Å²) in [6.07, 6.45) is 3.53. The molecule has 2 aliphatic rings. The Morgan fingerprint density at radius 3 is 2.44 bits per heavy atom. The molecule has 1 saturated heterocycles. The van der Waals surface area contributed by atoms with Crippen molar-refractivity contribution >= 4 is 21.8 Å². The number of carbonyl (C=O) groups is 1. The van der Waals surface area contributed by atoms with E-state index in [1.807, 2.05) is 29.2 Å². The van der Waals surface area contributed by atoms with Crippen LogP contribution >= 0.6 is 15.9 Å². The molecule has 0 radical (unpaired) electrons. The first kappa shape index (κ1) is 12.0. The molecule has 1 heterocycles. The fourth-order valence-electron chi connectivity index (χ4n) is 2.31. The summed E-state index contributed by atoms with van der Waals surface area (Å²) in [6.45, 7) is 1.48. The van der Waals surface area contributed by atoms with Gasteiger partial charge in [-0.3, -0.25) is 4.79 Å². The molecule has 1 aromatic rings. The number of hydrogen-bond acceptors (Lipinski definition) is 2. The van der Waals surface area contributed by atoms with Gasteiger partial charge in [-0.1, -0.05) is 22.4 Å². The summed E-state index contributed by atoms with van der Waals surface area (Å²) < 4.78 is 6.85. The zero-order chi connectivity index (χ0) is 12.5. The van der Waals surface area contributed by atoms with Gasteiger partial charge in [-0.05, 0) is 37.1 Å². The highest BCUT2D eigenvalue weighted by Crippen LogP contribution is 2.30. The minimum absolute atomic E-state index is 0.162. The number of carbonyl (C=O) groups excluding carboxylic acids is 1. The van der Waals surface area contributed by atoms with E-state index in [9.17, 15) is 4.79 Å². The number of ether oxygens (including phenoxy) is 1. The molecule has 1 aliphatic carbocycles. The number of likely N-dealkylation sites (tertiary alicyclic amines) is 1. The SMILES string of the molecule is O=C(C1CCC1)N1CC(Oc2ccc(Br)cc2)C1. The molecule has 1 aliphatic heterocycles. The maximum absolute atomic E-state index is 11.9. The van der Waals surface area contributed by atoms with E-state index in [0.717, 1.165) is 36.2 Å². The predicted molar refractivity (Wildman–Crippen MR) is 72.5 cm³/mol. The van der Waals surface area contributed by atoms with Crippen LogP contribution in [-0.2, 0) is 4.79 Å². The number of halogens is 1. The predicted octanol–water partition coefficient (Wildman–Crippen LogP) is 2.84. The quantitative estimate of drug-likeness (QED) is 0.859. The molecule has 1 amide bonds. The Bertz CT molecular complexity index is 436. The van der Waals surface area contributed by atoms with Gasteiger partial charge < -0.3 is 9.64 Å². The molecule has 0 unspecified atom stereocenters. The molecule has 2 fully saturated rings. The van der Waals surface area contributed by atoms with E-state index in [1.165, 1.54) is 6.42 Å². The third kappa shape index (κ3) is 2.39. The molecule has 0 aromatic heterocycles. The van der Waals surface area contributed by atoms with Gasteiger partial charge >= 0.3 is 0 Å². The largest absolute Gasteiger partial charge is 0.487 e. The van der Waals surface area contributed by atoms with Crippen LogP contribution < -0.4 is 4.74 Å². The lowest BCUT2D eigenvalue weighted by Crippen LogP contribution is -2.58. The molecular weight excluding hydrogens is 294 g/mol. The van der Waals surface area contributed by atoms with Crippen molar-refractivity contribution in [1.82, 2.24) is 4.90 Å². The van der Waals surface area contributed by atoms with E-state index < -0.39 is 0 Å². The first-order valence-electron chi connectivity index (χ1n) is 6.43. The van der Waals surface area contributed by atoms with E-state index in [0.29, 0.717) is 11.8 Å². The lowest BCUT2D eigenvalue weighted by atomic mass is 9.83. The fourth-order valence-corrected chi connectivity index (χ4v) is 2.58. The van der Waals surface area contributed by atoms with Gasteiger partial charge in [-0.25, -0.2) is 0 Å². The molecule has 3 nitrogen and oxygen atoms in total. The van der Waals surface area contributed by atoms with Gasteiger partial charge in [-0.15, -0.1) is 0 Å². The summed E-state index contributed by atoms with van der Waals surface area (Å²) in [7, 11) is 0. The monoisotopic (exact) mass is 309 g/mol. The number of nitrogens with zero attached hydrogens (tertiary/aromatic N) is 1. The molecule has 96 valence electrons. The minimum atomic E-state index is 0.162. The first-order valence-corrected chi connectivity index (χ1v) is 7.23. The number of rotatable bonds is 3. The fraction of sp³-hybridized carbons (Fsp3) is 0.500. The van der Waals surface area contributed by atoms with Crippen LogP contribution in [0.4, 0.5) is 0 Å². The highest BCUT2D eigenvalue weighted by molar-refractivity contribution is 9.10. The molecule has 1 saturated carbocycles. The van der Waals surface area contributed by atoms with Gasteiger partial charge in [-0.2, -0.15) is 0 Å². The zero-order valence-corrected chi connectivity index (χ0v) is 11.7. The zero-order valence-electron chi connectivity index (χ0n) is 10.1. The second-order valence-corrected chi connectivity index (χ2v) is 5.98. The van der Waals surface area contributed by atoms with Crippen LogP contribution in [0.15, 0.2) is 28.7 Å². The molecule has 4 heteroatoms. The van der Waals surface area contributed by atoms with Gasteiger partial charge in [0.25, 0.3) is 0 Å². The highest BCUT2D eigenvalue weighted by atomic mass is 79.9. The lowest BCUT2D eigenvalue weighted by Gasteiger charge is -2.42. The van der Waals surface area contributed by atoms with E-state index >= 15 is 0 Å². The molecule has 18 heavy (non-hydrogen) atoms. The molecular formula is C14H16BrNO2. The van der Waals surface area contributed by atoms with Gasteiger partial charge in [0.1, 0.15) is 11.9 Å². The van der Waals surface area contributed by atoms with Crippen molar-refractivity contribution in [2.24, 2.45) is 5.92 Å². The van der Waals surface area contributed by atoms with Crippen molar-refractivity contribution in [2.45, 2.75) is 25.4 Å². The van der Waals surface area contributed by atoms with Crippen molar-refractivity contribution in [3.05, 3.63) is 28.7 Å². The highest BCUT2D eigenvalue weighted by Gasteiger charge is 2.37. The van der Waals surface area contributed by atoms with Crippen molar-refractivity contribution in [3.8, 4) is 5.75 Å². The summed E-state index contributed by atoms with van der Waals surface area (Å²) in [6, 6.07) is 7.82. The van der Waals surface area contributed by atoms with Crippen LogP contribution in [0.3, 0.4) is 0 Å². The third-order valence-electron chi connectivity index (χ3n) is 3.73. The van der Waals surface area contributed by atoms with Crippen molar-refractivity contribution in [1.29, 1.82) is 0 Å². The number of benzene rings is 1. The third-order valence-corrected chi connectivity index (χ3v) is 4.26. The van der Waals surface area contributed by atoms with Gasteiger partial charge in [0, 0.05) is 10.4 Å². The van der Waals surface area contributed by atoms with Crippen molar-refractivity contribution in [3.63, 3.8) is 0 Å². The van der Waals surface area contributed by atoms with Crippen molar-refractivity contribution < 1.29 is 9.53 Å². The van der Waals surface area contributed by atoms with E-state index in [2.05, 4.69) is 15.9 Å². The van der Waals surface area contributed by atoms with Crippen LogP contribution in [0.2, 0.25) is 0 Å². The normalized spacial score (nSPS) is 20.2. The van der Waals surface area contributed by atoms with Crippen molar-refractivity contribution in [2.75, 3.05) is 13.1 Å². The molecule has 0 atom stereocenters.